The maximum absolute atomic E-state index is 12.6. The molecule has 0 bridgehead atoms. The summed E-state index contributed by atoms with van der Waals surface area (Å²) >= 11 is 0. The highest BCUT2D eigenvalue weighted by Gasteiger charge is 2.29. The van der Waals surface area contributed by atoms with E-state index in [0.717, 1.165) is 5.56 Å². The van der Waals surface area contributed by atoms with Gasteiger partial charge in [-0.3, -0.25) is 9.69 Å². The number of aliphatic imine (C=N–C) groups is 1. The van der Waals surface area contributed by atoms with Gasteiger partial charge in [-0.2, -0.15) is 0 Å². The first-order valence-corrected chi connectivity index (χ1v) is 6.51. The molecule has 0 radical (unpaired) electrons. The zero-order valence-corrected chi connectivity index (χ0v) is 10.9. The van der Waals surface area contributed by atoms with Crippen LogP contribution >= 0.6 is 0 Å². The summed E-state index contributed by atoms with van der Waals surface area (Å²) in [5, 5.41) is 0. The molecule has 1 aliphatic heterocycles. The van der Waals surface area contributed by atoms with E-state index < -0.39 is 0 Å². The van der Waals surface area contributed by atoms with Crippen molar-refractivity contribution >= 4 is 11.7 Å². The fourth-order valence-corrected chi connectivity index (χ4v) is 2.27. The van der Waals surface area contributed by atoms with Crippen LogP contribution in [0.3, 0.4) is 0 Å². The number of amides is 1. The molecule has 1 unspecified atom stereocenters. The Kier molecular flexibility index (Phi) is 3.31. The van der Waals surface area contributed by atoms with Gasteiger partial charge < -0.3 is 5.73 Å². The maximum atomic E-state index is 12.6. The van der Waals surface area contributed by atoms with E-state index in [4.69, 9.17) is 5.73 Å². The van der Waals surface area contributed by atoms with E-state index in [-0.39, 0.29) is 12.1 Å². The van der Waals surface area contributed by atoms with Crippen molar-refractivity contribution in [3.8, 4) is 0 Å². The molecule has 2 N–H and O–H groups in total. The molecule has 1 aliphatic rings. The van der Waals surface area contributed by atoms with E-state index in [0.29, 0.717) is 17.9 Å². The van der Waals surface area contributed by atoms with E-state index in [1.165, 1.54) is 0 Å². The molecule has 0 fully saturated rings. The fraction of sp³-hybridized carbons (Fsp3) is 0.125. The molecule has 1 atom stereocenters. The summed E-state index contributed by atoms with van der Waals surface area (Å²) in [4.78, 5) is 18.6. The number of nitrogens with zero attached hydrogens (tertiary/aromatic N) is 2. The Morgan fingerprint density at radius 1 is 1.05 bits per heavy atom. The number of carbonyl (C=O) groups is 1. The first-order valence-electron chi connectivity index (χ1n) is 6.51. The molecule has 4 nitrogen and oxygen atoms in total. The molecular formula is C16H15N3O. The first-order chi connectivity index (χ1) is 9.75. The molecule has 100 valence electrons. The van der Waals surface area contributed by atoms with Crippen LogP contribution in [0.4, 0.5) is 0 Å². The highest BCUT2D eigenvalue weighted by Crippen LogP contribution is 2.16. The number of rotatable bonds is 2. The van der Waals surface area contributed by atoms with Crippen molar-refractivity contribution in [2.75, 3.05) is 6.54 Å². The molecule has 0 saturated heterocycles. The average molecular weight is 265 g/mol. The number of nitrogens with two attached hydrogens (primary N) is 1. The largest absolute Gasteiger partial charge is 0.308 e. The van der Waals surface area contributed by atoms with Gasteiger partial charge in [0.15, 0.2) is 0 Å². The summed E-state index contributed by atoms with van der Waals surface area (Å²) in [6.07, 6.45) is -0.363. The minimum Gasteiger partial charge on any atom is -0.308 e. The minimum atomic E-state index is -0.363. The summed E-state index contributed by atoms with van der Waals surface area (Å²) in [6, 6.07) is 18.8. The molecule has 0 aromatic heterocycles. The monoisotopic (exact) mass is 265 g/mol. The smallest absolute Gasteiger partial charge is 0.259 e. The molecule has 2 aromatic carbocycles. The van der Waals surface area contributed by atoms with Gasteiger partial charge in [0.25, 0.3) is 5.91 Å². The van der Waals surface area contributed by atoms with Crippen molar-refractivity contribution in [2.45, 2.75) is 6.17 Å². The van der Waals surface area contributed by atoms with E-state index in [2.05, 4.69) is 4.99 Å². The second kappa shape index (κ2) is 5.27. The van der Waals surface area contributed by atoms with Crippen molar-refractivity contribution in [3.63, 3.8) is 0 Å². The lowest BCUT2D eigenvalue weighted by Crippen LogP contribution is -2.37. The molecule has 2 aromatic rings. The van der Waals surface area contributed by atoms with Crippen LogP contribution in [0, 0.1) is 0 Å². The Morgan fingerprint density at radius 3 is 2.30 bits per heavy atom. The molecule has 0 saturated carbocycles. The summed E-state index contributed by atoms with van der Waals surface area (Å²) < 4.78 is 0. The lowest BCUT2D eigenvalue weighted by atomic mass is 10.1. The predicted octanol–water partition coefficient (Wildman–Crippen LogP) is 1.87. The number of hydrogen-bond donors (Lipinski definition) is 1. The second-order valence-corrected chi connectivity index (χ2v) is 4.67. The first kappa shape index (κ1) is 12.6. The second-order valence-electron chi connectivity index (χ2n) is 4.67. The van der Waals surface area contributed by atoms with Crippen LogP contribution in [-0.4, -0.2) is 29.4 Å². The minimum absolute atomic E-state index is 0.0684. The molecular weight excluding hydrogens is 250 g/mol. The highest BCUT2D eigenvalue weighted by molar-refractivity contribution is 6.13. The quantitative estimate of drug-likeness (QED) is 0.901. The Balaban J connectivity index is 1.94. The topological polar surface area (TPSA) is 58.7 Å². The van der Waals surface area contributed by atoms with Gasteiger partial charge in [0.05, 0.1) is 6.54 Å². The molecule has 20 heavy (non-hydrogen) atoms. The number of benzene rings is 2. The third-order valence-electron chi connectivity index (χ3n) is 3.21. The standard InChI is InChI=1S/C16H15N3O/c17-14-11-19(16(20)13-9-5-2-6-10-13)15(18-14)12-7-3-1-4-8-12/h1-10,14H,11,17H2. The van der Waals surface area contributed by atoms with E-state index in [1.807, 2.05) is 48.5 Å². The van der Waals surface area contributed by atoms with E-state index in [9.17, 15) is 4.79 Å². The molecule has 0 spiro atoms. The van der Waals surface area contributed by atoms with Gasteiger partial charge in [-0.15, -0.1) is 0 Å². The van der Waals surface area contributed by atoms with Crippen LogP contribution in [0.15, 0.2) is 65.7 Å². The van der Waals surface area contributed by atoms with E-state index >= 15 is 0 Å². The molecule has 4 heteroatoms. The lowest BCUT2D eigenvalue weighted by molar-refractivity contribution is 0.0853. The third-order valence-corrected chi connectivity index (χ3v) is 3.21. The zero-order valence-electron chi connectivity index (χ0n) is 10.9. The summed E-state index contributed by atoms with van der Waals surface area (Å²) in [5.41, 5.74) is 7.44. The fourth-order valence-electron chi connectivity index (χ4n) is 2.27. The molecule has 1 heterocycles. The van der Waals surface area contributed by atoms with Crippen LogP contribution in [0.1, 0.15) is 15.9 Å². The number of carbonyl (C=O) groups excluding carboxylic acids is 1. The van der Waals surface area contributed by atoms with Gasteiger partial charge >= 0.3 is 0 Å². The maximum Gasteiger partial charge on any atom is 0.259 e. The molecule has 3 rings (SSSR count). The summed E-state index contributed by atoms with van der Waals surface area (Å²) in [5.74, 6) is 0.577. The Hall–Kier alpha value is -2.46. The van der Waals surface area contributed by atoms with Crippen molar-refractivity contribution in [1.82, 2.24) is 4.90 Å². The Morgan fingerprint density at radius 2 is 1.65 bits per heavy atom. The number of amidine groups is 1. The average Bonchev–Trinajstić information content (AvgIpc) is 2.90. The van der Waals surface area contributed by atoms with Gasteiger partial charge in [-0.25, -0.2) is 4.99 Å². The Labute approximate surface area is 117 Å². The van der Waals surface area contributed by atoms with Crippen molar-refractivity contribution in [2.24, 2.45) is 10.7 Å². The SMILES string of the molecule is NC1CN(C(=O)c2ccccc2)C(c2ccccc2)=N1. The van der Waals surface area contributed by atoms with Crippen LogP contribution in [0.5, 0.6) is 0 Å². The highest BCUT2D eigenvalue weighted by atomic mass is 16.2. The van der Waals surface area contributed by atoms with Crippen LogP contribution in [0.2, 0.25) is 0 Å². The normalized spacial score (nSPS) is 17.9. The van der Waals surface area contributed by atoms with Gasteiger partial charge in [0, 0.05) is 11.1 Å². The van der Waals surface area contributed by atoms with Crippen molar-refractivity contribution in [1.29, 1.82) is 0 Å². The summed E-state index contributed by atoms with van der Waals surface area (Å²) in [6.45, 7) is 0.415. The van der Waals surface area contributed by atoms with Gasteiger partial charge in [-0.05, 0) is 12.1 Å². The van der Waals surface area contributed by atoms with Crippen LogP contribution in [-0.2, 0) is 0 Å². The van der Waals surface area contributed by atoms with Crippen LogP contribution in [0.25, 0.3) is 0 Å². The molecule has 0 aliphatic carbocycles. The van der Waals surface area contributed by atoms with Gasteiger partial charge in [0.2, 0.25) is 0 Å². The molecule has 1 amide bonds. The summed E-state index contributed by atoms with van der Waals surface area (Å²) in [7, 11) is 0. The number of hydrogen-bond acceptors (Lipinski definition) is 3. The lowest BCUT2D eigenvalue weighted by Gasteiger charge is -2.18. The van der Waals surface area contributed by atoms with Gasteiger partial charge in [0.1, 0.15) is 12.0 Å². The Bertz CT molecular complexity index is 637. The van der Waals surface area contributed by atoms with Gasteiger partial charge in [-0.1, -0.05) is 48.5 Å². The van der Waals surface area contributed by atoms with Crippen molar-refractivity contribution < 1.29 is 4.79 Å². The van der Waals surface area contributed by atoms with Crippen LogP contribution < -0.4 is 5.73 Å². The third kappa shape index (κ3) is 2.33. The predicted molar refractivity (Wildman–Crippen MR) is 78.4 cm³/mol. The van der Waals surface area contributed by atoms with Crippen molar-refractivity contribution in [3.05, 3.63) is 71.8 Å². The zero-order chi connectivity index (χ0) is 13.9. The van der Waals surface area contributed by atoms with E-state index in [1.54, 1.807) is 17.0 Å².